The molecule has 4 rings (SSSR count). The molecule has 2 fully saturated rings. The Hall–Kier alpha value is -0.720. The summed E-state index contributed by atoms with van der Waals surface area (Å²) < 4.78 is 14.9. The van der Waals surface area contributed by atoms with Gasteiger partial charge >= 0.3 is 0 Å². The van der Waals surface area contributed by atoms with E-state index in [0.29, 0.717) is 13.2 Å². The van der Waals surface area contributed by atoms with Gasteiger partial charge < -0.3 is 14.0 Å². The summed E-state index contributed by atoms with van der Waals surface area (Å²) in [5.41, 5.74) is 1.25. The number of benzene rings is 1. The van der Waals surface area contributed by atoms with Gasteiger partial charge in [0, 0.05) is 34.8 Å². The maximum Gasteiger partial charge on any atom is 0.187 e. The topological polar surface area (TPSA) is 36.3 Å². The zero-order valence-corrected chi connectivity index (χ0v) is 19.1. The molecule has 0 bridgehead atoms. The van der Waals surface area contributed by atoms with Crippen molar-refractivity contribution in [3.63, 3.8) is 0 Å². The van der Waals surface area contributed by atoms with E-state index >= 15 is 0 Å². The molecule has 2 unspecified atom stereocenters. The van der Waals surface area contributed by atoms with Crippen LogP contribution in [0.15, 0.2) is 43.0 Å². The number of ether oxygens (including phenoxy) is 2. The average Bonchev–Trinajstić information content (AvgIpc) is 3.38. The Morgan fingerprint density at radius 3 is 2.69 bits per heavy atom. The summed E-state index contributed by atoms with van der Waals surface area (Å²) in [6.45, 7) is 1.35. The van der Waals surface area contributed by atoms with Crippen LogP contribution < -0.4 is 0 Å². The van der Waals surface area contributed by atoms with E-state index in [1.54, 1.807) is 6.20 Å². The van der Waals surface area contributed by atoms with Crippen LogP contribution in [0.3, 0.4) is 0 Å². The maximum atomic E-state index is 6.54. The highest BCUT2D eigenvalue weighted by Crippen LogP contribution is 2.35. The highest BCUT2D eigenvalue weighted by molar-refractivity contribution is 7.99. The molecule has 1 aromatic carbocycles. The fourth-order valence-electron chi connectivity index (χ4n) is 4.11. The number of rotatable bonds is 8. The lowest BCUT2D eigenvalue weighted by molar-refractivity contribution is -0.180. The standard InChI is InChI=1S/C22H29ClN2O2S.ClH/c23-19-8-6-18(7-9-19)10-11-22(16-25-13-12-24-17-25)26-14-20(27-22)15-28-21-4-2-1-3-5-21;/h6-9,12-13,17,20-21H,1-5,10-11,14-16H2;1H. The van der Waals surface area contributed by atoms with Crippen LogP contribution in [0.2, 0.25) is 5.02 Å². The van der Waals surface area contributed by atoms with Gasteiger partial charge in [-0.05, 0) is 37.0 Å². The van der Waals surface area contributed by atoms with Gasteiger partial charge in [-0.3, -0.25) is 0 Å². The largest absolute Gasteiger partial charge is 0.345 e. The van der Waals surface area contributed by atoms with E-state index in [0.717, 1.165) is 28.9 Å². The van der Waals surface area contributed by atoms with Gasteiger partial charge in [0.2, 0.25) is 0 Å². The van der Waals surface area contributed by atoms with Crippen molar-refractivity contribution in [1.82, 2.24) is 9.55 Å². The molecule has 4 nitrogen and oxygen atoms in total. The van der Waals surface area contributed by atoms with Crippen molar-refractivity contribution in [2.45, 2.75) is 68.6 Å². The van der Waals surface area contributed by atoms with Crippen molar-refractivity contribution < 1.29 is 9.47 Å². The summed E-state index contributed by atoms with van der Waals surface area (Å²) >= 11 is 8.10. The van der Waals surface area contributed by atoms with Gasteiger partial charge in [-0.25, -0.2) is 4.98 Å². The highest BCUT2D eigenvalue weighted by Gasteiger charge is 2.41. The molecule has 2 aliphatic rings. The Balaban J connectivity index is 0.00000240. The van der Waals surface area contributed by atoms with Gasteiger partial charge in [0.15, 0.2) is 5.79 Å². The fraction of sp³-hybridized carbons (Fsp3) is 0.591. The van der Waals surface area contributed by atoms with Crippen LogP contribution in [-0.4, -0.2) is 39.1 Å². The van der Waals surface area contributed by atoms with Gasteiger partial charge in [0.05, 0.1) is 25.6 Å². The molecule has 2 aromatic rings. The van der Waals surface area contributed by atoms with Crippen molar-refractivity contribution >= 4 is 35.8 Å². The van der Waals surface area contributed by atoms with E-state index < -0.39 is 5.79 Å². The number of aromatic nitrogens is 2. The van der Waals surface area contributed by atoms with E-state index in [2.05, 4.69) is 33.4 Å². The van der Waals surface area contributed by atoms with Crippen LogP contribution in [0.1, 0.15) is 44.1 Å². The molecule has 1 aliphatic heterocycles. The zero-order valence-electron chi connectivity index (χ0n) is 16.7. The van der Waals surface area contributed by atoms with Crippen molar-refractivity contribution in [1.29, 1.82) is 0 Å². The van der Waals surface area contributed by atoms with Gasteiger partial charge in [0.1, 0.15) is 0 Å². The minimum Gasteiger partial charge on any atom is -0.345 e. The Bertz CT molecular complexity index is 723. The van der Waals surface area contributed by atoms with Crippen LogP contribution in [0.4, 0.5) is 0 Å². The molecule has 2 atom stereocenters. The average molecular weight is 457 g/mol. The molecule has 0 N–H and O–H groups in total. The second-order valence-electron chi connectivity index (χ2n) is 7.92. The molecule has 1 saturated heterocycles. The Kier molecular flexibility index (Phi) is 8.75. The zero-order chi connectivity index (χ0) is 19.2. The molecule has 29 heavy (non-hydrogen) atoms. The van der Waals surface area contributed by atoms with Gasteiger partial charge in [-0.1, -0.05) is 43.0 Å². The fourth-order valence-corrected chi connectivity index (χ4v) is 5.56. The molecular weight excluding hydrogens is 427 g/mol. The SMILES string of the molecule is Cl.Clc1ccc(CCC2(Cn3ccnc3)OCC(CSC3CCCCC3)O2)cc1. The van der Waals surface area contributed by atoms with Crippen molar-refractivity contribution in [2.24, 2.45) is 0 Å². The smallest absolute Gasteiger partial charge is 0.187 e. The van der Waals surface area contributed by atoms with Crippen molar-refractivity contribution in [2.75, 3.05) is 12.4 Å². The van der Waals surface area contributed by atoms with E-state index in [1.807, 2.05) is 24.7 Å². The van der Waals surface area contributed by atoms with Crippen molar-refractivity contribution in [3.05, 3.63) is 53.6 Å². The second kappa shape index (κ2) is 11.1. The first kappa shape index (κ1) is 23.0. The van der Waals surface area contributed by atoms with E-state index in [9.17, 15) is 0 Å². The molecule has 1 saturated carbocycles. The van der Waals surface area contributed by atoms with E-state index in [4.69, 9.17) is 21.1 Å². The van der Waals surface area contributed by atoms with E-state index in [-0.39, 0.29) is 18.5 Å². The molecule has 160 valence electrons. The summed E-state index contributed by atoms with van der Waals surface area (Å²) in [6.07, 6.45) is 14.4. The summed E-state index contributed by atoms with van der Waals surface area (Å²) in [7, 11) is 0. The number of aryl methyl sites for hydroxylation is 1. The predicted octanol–water partition coefficient (Wildman–Crippen LogP) is 5.77. The molecule has 0 radical (unpaired) electrons. The second-order valence-corrected chi connectivity index (χ2v) is 9.69. The van der Waals surface area contributed by atoms with Crippen LogP contribution in [0.25, 0.3) is 0 Å². The first-order valence-electron chi connectivity index (χ1n) is 10.3. The summed E-state index contributed by atoms with van der Waals surface area (Å²) in [6, 6.07) is 8.05. The maximum absolute atomic E-state index is 6.54. The Morgan fingerprint density at radius 2 is 1.97 bits per heavy atom. The summed E-state index contributed by atoms with van der Waals surface area (Å²) in [4.78, 5) is 4.17. The Labute approximate surface area is 189 Å². The van der Waals surface area contributed by atoms with Gasteiger partial charge in [-0.15, -0.1) is 12.4 Å². The molecule has 1 aromatic heterocycles. The Morgan fingerprint density at radius 1 is 1.17 bits per heavy atom. The first-order chi connectivity index (χ1) is 13.7. The number of halogens is 2. The lowest BCUT2D eigenvalue weighted by Crippen LogP contribution is -2.37. The molecule has 0 amide bonds. The molecule has 7 heteroatoms. The third-order valence-electron chi connectivity index (χ3n) is 5.67. The van der Waals surface area contributed by atoms with Crippen LogP contribution in [-0.2, 0) is 22.4 Å². The van der Waals surface area contributed by atoms with Crippen molar-refractivity contribution in [3.8, 4) is 0 Å². The van der Waals surface area contributed by atoms with Crippen LogP contribution in [0, 0.1) is 0 Å². The lowest BCUT2D eigenvalue weighted by Gasteiger charge is -2.29. The van der Waals surface area contributed by atoms with Gasteiger partial charge in [0.25, 0.3) is 0 Å². The number of imidazole rings is 1. The summed E-state index contributed by atoms with van der Waals surface area (Å²) in [5, 5.41) is 1.57. The minimum atomic E-state index is -0.585. The van der Waals surface area contributed by atoms with Crippen LogP contribution >= 0.6 is 35.8 Å². The normalized spacial score (nSPS) is 25.1. The van der Waals surface area contributed by atoms with Gasteiger partial charge in [-0.2, -0.15) is 11.8 Å². The molecule has 0 spiro atoms. The third kappa shape index (κ3) is 6.63. The third-order valence-corrected chi connectivity index (χ3v) is 7.43. The first-order valence-corrected chi connectivity index (χ1v) is 11.8. The minimum absolute atomic E-state index is 0. The predicted molar refractivity (Wildman–Crippen MR) is 122 cm³/mol. The highest BCUT2D eigenvalue weighted by atomic mass is 35.5. The number of thioether (sulfide) groups is 1. The number of nitrogens with zero attached hydrogens (tertiary/aromatic N) is 2. The molecule has 1 aliphatic carbocycles. The lowest BCUT2D eigenvalue weighted by atomic mass is 10.0. The number of hydrogen-bond acceptors (Lipinski definition) is 4. The quantitative estimate of drug-likeness (QED) is 0.504. The van der Waals surface area contributed by atoms with E-state index in [1.165, 1.54) is 37.7 Å². The molecule has 2 heterocycles. The molecular formula is C22H30Cl2N2O2S. The monoisotopic (exact) mass is 456 g/mol. The number of hydrogen-bond donors (Lipinski definition) is 0. The summed E-state index contributed by atoms with van der Waals surface area (Å²) in [5.74, 6) is 0.440. The van der Waals surface area contributed by atoms with Crippen LogP contribution in [0.5, 0.6) is 0 Å².